The van der Waals surface area contributed by atoms with Gasteiger partial charge in [0.05, 0.1) is 6.10 Å². The minimum absolute atomic E-state index is 0.0611. The van der Waals surface area contributed by atoms with Gasteiger partial charge in [0.15, 0.2) is 0 Å². The first kappa shape index (κ1) is 12.3. The Balaban J connectivity index is 2.53. The third kappa shape index (κ3) is 2.84. The number of likely N-dealkylation sites (tertiary alicyclic amines) is 1. The number of amides is 2. The molecule has 0 spiro atoms. The van der Waals surface area contributed by atoms with Crippen LogP contribution in [0, 0.1) is 5.92 Å². The van der Waals surface area contributed by atoms with E-state index in [2.05, 4.69) is 0 Å². The molecule has 1 rings (SSSR count). The Morgan fingerprint density at radius 2 is 2.07 bits per heavy atom. The van der Waals surface area contributed by atoms with Crippen LogP contribution in [-0.4, -0.2) is 53.2 Å². The van der Waals surface area contributed by atoms with E-state index >= 15 is 0 Å². The maximum Gasteiger partial charge on any atom is 0.320 e. The molecule has 0 saturated carbocycles. The number of urea groups is 1. The SMILES string of the molecule is CCN(CC)C(=O)N1CCC(C)C(O)C1. The molecule has 1 heterocycles. The first-order valence-electron chi connectivity index (χ1n) is 5.82. The minimum Gasteiger partial charge on any atom is -0.391 e. The summed E-state index contributed by atoms with van der Waals surface area (Å²) in [6.45, 7) is 8.71. The van der Waals surface area contributed by atoms with Gasteiger partial charge in [0, 0.05) is 26.2 Å². The molecule has 1 saturated heterocycles. The number of piperidine rings is 1. The normalized spacial score (nSPS) is 26.5. The summed E-state index contributed by atoms with van der Waals surface area (Å²) in [7, 11) is 0. The average molecular weight is 214 g/mol. The van der Waals surface area contributed by atoms with E-state index in [1.54, 1.807) is 9.80 Å². The monoisotopic (exact) mass is 214 g/mol. The van der Waals surface area contributed by atoms with Crippen molar-refractivity contribution in [1.29, 1.82) is 0 Å². The summed E-state index contributed by atoms with van der Waals surface area (Å²) < 4.78 is 0. The Hall–Kier alpha value is -0.770. The quantitative estimate of drug-likeness (QED) is 0.749. The number of nitrogens with zero attached hydrogens (tertiary/aromatic N) is 2. The molecule has 1 aliphatic rings. The van der Waals surface area contributed by atoms with Gasteiger partial charge < -0.3 is 14.9 Å². The Morgan fingerprint density at radius 3 is 2.53 bits per heavy atom. The van der Waals surface area contributed by atoms with Crippen molar-refractivity contribution in [1.82, 2.24) is 9.80 Å². The van der Waals surface area contributed by atoms with Gasteiger partial charge in [-0.05, 0) is 26.2 Å². The van der Waals surface area contributed by atoms with Gasteiger partial charge in [-0.2, -0.15) is 0 Å². The summed E-state index contributed by atoms with van der Waals surface area (Å²) in [6, 6.07) is 0.0611. The third-order valence-corrected chi connectivity index (χ3v) is 3.22. The lowest BCUT2D eigenvalue weighted by Gasteiger charge is -2.37. The van der Waals surface area contributed by atoms with Crippen LogP contribution >= 0.6 is 0 Å². The molecular weight excluding hydrogens is 192 g/mol. The lowest BCUT2D eigenvalue weighted by molar-refractivity contribution is 0.0358. The van der Waals surface area contributed by atoms with E-state index in [0.717, 1.165) is 26.1 Å². The van der Waals surface area contributed by atoms with Crippen molar-refractivity contribution in [2.24, 2.45) is 5.92 Å². The first-order chi connectivity index (χ1) is 7.10. The molecule has 0 aromatic carbocycles. The molecule has 1 fully saturated rings. The summed E-state index contributed by atoms with van der Waals surface area (Å²) in [5.41, 5.74) is 0. The van der Waals surface area contributed by atoms with Crippen molar-refractivity contribution in [2.45, 2.75) is 33.3 Å². The highest BCUT2D eigenvalue weighted by molar-refractivity contribution is 5.74. The van der Waals surface area contributed by atoms with Gasteiger partial charge >= 0.3 is 6.03 Å². The summed E-state index contributed by atoms with van der Waals surface area (Å²) in [6.07, 6.45) is 0.534. The number of carbonyl (C=O) groups is 1. The van der Waals surface area contributed by atoms with Crippen molar-refractivity contribution >= 4 is 6.03 Å². The van der Waals surface area contributed by atoms with Crippen molar-refractivity contribution < 1.29 is 9.90 Å². The van der Waals surface area contributed by atoms with Gasteiger partial charge in [0.1, 0.15) is 0 Å². The predicted molar refractivity (Wildman–Crippen MR) is 59.7 cm³/mol. The van der Waals surface area contributed by atoms with Crippen LogP contribution in [0.2, 0.25) is 0 Å². The van der Waals surface area contributed by atoms with Crippen LogP contribution in [0.5, 0.6) is 0 Å². The lowest BCUT2D eigenvalue weighted by atomic mass is 9.96. The highest BCUT2D eigenvalue weighted by atomic mass is 16.3. The third-order valence-electron chi connectivity index (χ3n) is 3.22. The number of hydrogen-bond donors (Lipinski definition) is 1. The van der Waals surface area contributed by atoms with Crippen LogP contribution in [0.1, 0.15) is 27.2 Å². The Bertz CT molecular complexity index is 217. The Labute approximate surface area is 91.9 Å². The van der Waals surface area contributed by atoms with Crippen LogP contribution in [-0.2, 0) is 0 Å². The molecule has 1 aliphatic heterocycles. The van der Waals surface area contributed by atoms with E-state index in [4.69, 9.17) is 0 Å². The zero-order chi connectivity index (χ0) is 11.4. The minimum atomic E-state index is -0.363. The molecule has 88 valence electrons. The molecule has 0 aromatic rings. The topological polar surface area (TPSA) is 43.8 Å². The summed E-state index contributed by atoms with van der Waals surface area (Å²) >= 11 is 0. The van der Waals surface area contributed by atoms with E-state index in [0.29, 0.717) is 12.5 Å². The van der Waals surface area contributed by atoms with E-state index in [-0.39, 0.29) is 12.1 Å². The molecule has 4 heteroatoms. The van der Waals surface area contributed by atoms with Crippen molar-refractivity contribution in [3.8, 4) is 0 Å². The smallest absolute Gasteiger partial charge is 0.320 e. The van der Waals surface area contributed by atoms with Gasteiger partial charge in [0.2, 0.25) is 0 Å². The number of aliphatic hydroxyl groups is 1. The Kier molecular flexibility index (Phi) is 4.39. The molecule has 2 atom stereocenters. The lowest BCUT2D eigenvalue weighted by Crippen LogP contribution is -2.50. The molecule has 0 aromatic heterocycles. The molecule has 0 radical (unpaired) electrons. The van der Waals surface area contributed by atoms with Crippen molar-refractivity contribution in [3.63, 3.8) is 0 Å². The van der Waals surface area contributed by atoms with Crippen molar-refractivity contribution in [2.75, 3.05) is 26.2 Å². The maximum absolute atomic E-state index is 12.0. The first-order valence-corrected chi connectivity index (χ1v) is 5.82. The van der Waals surface area contributed by atoms with E-state index < -0.39 is 0 Å². The average Bonchev–Trinajstić information content (AvgIpc) is 2.23. The van der Waals surface area contributed by atoms with Gasteiger partial charge in [-0.15, -0.1) is 0 Å². The summed E-state index contributed by atoms with van der Waals surface area (Å²) in [4.78, 5) is 15.5. The van der Waals surface area contributed by atoms with E-state index in [1.165, 1.54) is 0 Å². The molecule has 15 heavy (non-hydrogen) atoms. The molecule has 0 aliphatic carbocycles. The summed E-state index contributed by atoms with van der Waals surface area (Å²) in [5.74, 6) is 0.311. The zero-order valence-corrected chi connectivity index (χ0v) is 9.94. The molecule has 4 nitrogen and oxygen atoms in total. The summed E-state index contributed by atoms with van der Waals surface area (Å²) in [5, 5.41) is 9.71. The fourth-order valence-electron chi connectivity index (χ4n) is 1.92. The number of β-amino-alcohol motifs (C(OH)–C–C–N with tert-alkyl or cyclic N) is 1. The van der Waals surface area contributed by atoms with Gasteiger partial charge in [-0.25, -0.2) is 4.79 Å². The molecule has 2 amide bonds. The molecule has 1 N–H and O–H groups in total. The van der Waals surface area contributed by atoms with Crippen LogP contribution < -0.4 is 0 Å². The zero-order valence-electron chi connectivity index (χ0n) is 9.94. The second-order valence-electron chi connectivity index (χ2n) is 4.23. The second-order valence-corrected chi connectivity index (χ2v) is 4.23. The standard InChI is InChI=1S/C11H22N2O2/c1-4-12(5-2)11(15)13-7-6-9(3)10(14)8-13/h9-10,14H,4-8H2,1-3H3. The molecule has 2 unspecified atom stereocenters. The van der Waals surface area contributed by atoms with Crippen molar-refractivity contribution in [3.05, 3.63) is 0 Å². The van der Waals surface area contributed by atoms with E-state index in [1.807, 2.05) is 20.8 Å². The van der Waals surface area contributed by atoms with Gasteiger partial charge in [-0.3, -0.25) is 0 Å². The number of hydrogen-bond acceptors (Lipinski definition) is 2. The fraction of sp³-hybridized carbons (Fsp3) is 0.909. The number of rotatable bonds is 2. The number of carbonyl (C=O) groups excluding carboxylic acids is 1. The van der Waals surface area contributed by atoms with E-state index in [9.17, 15) is 9.90 Å². The largest absolute Gasteiger partial charge is 0.391 e. The fourth-order valence-corrected chi connectivity index (χ4v) is 1.92. The second kappa shape index (κ2) is 5.35. The molecular formula is C11H22N2O2. The van der Waals surface area contributed by atoms with Crippen LogP contribution in [0.4, 0.5) is 4.79 Å². The number of aliphatic hydroxyl groups excluding tert-OH is 1. The molecule has 0 bridgehead atoms. The van der Waals surface area contributed by atoms with Crippen LogP contribution in [0.25, 0.3) is 0 Å². The van der Waals surface area contributed by atoms with Crippen LogP contribution in [0.3, 0.4) is 0 Å². The van der Waals surface area contributed by atoms with Gasteiger partial charge in [-0.1, -0.05) is 6.92 Å². The Morgan fingerprint density at radius 1 is 1.47 bits per heavy atom. The predicted octanol–water partition coefficient (Wildman–Crippen LogP) is 1.15. The highest BCUT2D eigenvalue weighted by Gasteiger charge is 2.28. The maximum atomic E-state index is 12.0. The van der Waals surface area contributed by atoms with Gasteiger partial charge in [0.25, 0.3) is 0 Å². The highest BCUT2D eigenvalue weighted by Crippen LogP contribution is 2.17. The van der Waals surface area contributed by atoms with Crippen LogP contribution in [0.15, 0.2) is 0 Å².